The van der Waals surface area contributed by atoms with Crippen LogP contribution in [-0.4, -0.2) is 34.9 Å². The number of hydrogen-bond donors (Lipinski definition) is 3. The van der Waals surface area contributed by atoms with E-state index in [1.807, 2.05) is 4.90 Å². The van der Waals surface area contributed by atoms with Crippen molar-refractivity contribution in [2.75, 3.05) is 23.3 Å². The van der Waals surface area contributed by atoms with E-state index in [2.05, 4.69) is 10.6 Å². The highest BCUT2D eigenvalue weighted by atomic mass is 32.1. The van der Waals surface area contributed by atoms with Crippen molar-refractivity contribution in [2.24, 2.45) is 5.73 Å². The Morgan fingerprint density at radius 2 is 1.94 bits per heavy atom. The normalized spacial score (nSPS) is 14.9. The van der Waals surface area contributed by atoms with E-state index in [1.54, 1.807) is 12.1 Å². The van der Waals surface area contributed by atoms with Crippen molar-refractivity contribution in [1.82, 2.24) is 5.32 Å². The molecule has 2 heterocycles. The van der Waals surface area contributed by atoms with E-state index in [4.69, 9.17) is 18.0 Å². The molecule has 1 aromatic carbocycles. The van der Waals surface area contributed by atoms with Crippen molar-refractivity contribution in [3.8, 4) is 0 Å². The monoisotopic (exact) mass is 459 g/mol. The molecule has 0 spiro atoms. The smallest absolute Gasteiger partial charge is 0.293 e. The van der Waals surface area contributed by atoms with Gasteiger partial charge in [-0.05, 0) is 62.0 Å². The Balaban J connectivity index is 1.50. The molecule has 2 amide bonds. The maximum Gasteiger partial charge on any atom is 0.293 e. The lowest BCUT2D eigenvalue weighted by atomic mass is 10.1. The fourth-order valence-electron chi connectivity index (χ4n) is 4.10. The van der Waals surface area contributed by atoms with Crippen molar-refractivity contribution >= 4 is 56.9 Å². The summed E-state index contributed by atoms with van der Waals surface area (Å²) in [6.45, 7) is 1.51. The number of fused-ring (bicyclic) bond motifs is 1. The molecule has 2 aromatic rings. The van der Waals surface area contributed by atoms with Crippen LogP contribution in [-0.2, 0) is 12.8 Å². The molecule has 1 aromatic heterocycles. The molecule has 31 heavy (non-hydrogen) atoms. The molecule has 0 unspecified atom stereocenters. The standard InChI is InChI=1S/C20H21N5O4S2/c21-17(26)16-12-4-3-5-15(12)31-19(16)23-20(30)22-18(27)11-6-7-13(14(10-11)25(28)29)24-8-1-2-9-24/h6-7,10H,1-5,8-9H2,(H2,21,26)(H2,22,23,27,30). The minimum Gasteiger partial charge on any atom is -0.366 e. The number of nitrogens with two attached hydrogens (primary N) is 1. The van der Waals surface area contributed by atoms with Crippen LogP contribution in [0.15, 0.2) is 18.2 Å². The molecule has 1 aliphatic heterocycles. The molecule has 1 saturated heterocycles. The number of carbonyl (C=O) groups excluding carboxylic acids is 2. The number of nitrogens with zero attached hydrogens (tertiary/aromatic N) is 2. The number of carbonyl (C=O) groups is 2. The summed E-state index contributed by atoms with van der Waals surface area (Å²) in [5.41, 5.74) is 7.43. The fourth-order valence-corrected chi connectivity index (χ4v) is 5.66. The van der Waals surface area contributed by atoms with Gasteiger partial charge >= 0.3 is 0 Å². The van der Waals surface area contributed by atoms with Gasteiger partial charge in [0.05, 0.1) is 10.5 Å². The summed E-state index contributed by atoms with van der Waals surface area (Å²) in [5.74, 6) is -1.11. The SMILES string of the molecule is NC(=O)c1c(NC(=S)NC(=O)c2ccc(N3CCCC3)c([N+](=O)[O-])c2)sc2c1CCC2. The average molecular weight is 460 g/mol. The lowest BCUT2D eigenvalue weighted by Crippen LogP contribution is -2.34. The number of benzene rings is 1. The first-order valence-corrected chi connectivity index (χ1v) is 11.2. The van der Waals surface area contributed by atoms with Crippen LogP contribution in [0.4, 0.5) is 16.4 Å². The number of amides is 2. The molecule has 2 aliphatic rings. The van der Waals surface area contributed by atoms with Gasteiger partial charge in [0.15, 0.2) is 5.11 Å². The van der Waals surface area contributed by atoms with E-state index in [9.17, 15) is 19.7 Å². The maximum atomic E-state index is 12.6. The summed E-state index contributed by atoms with van der Waals surface area (Å²) in [4.78, 5) is 38.7. The third-order valence-electron chi connectivity index (χ3n) is 5.50. The van der Waals surface area contributed by atoms with Gasteiger partial charge in [0.1, 0.15) is 10.7 Å². The van der Waals surface area contributed by atoms with Gasteiger partial charge in [-0.15, -0.1) is 11.3 Å². The first-order chi connectivity index (χ1) is 14.8. The van der Waals surface area contributed by atoms with E-state index in [0.717, 1.165) is 55.6 Å². The molecule has 1 fully saturated rings. The molecule has 4 rings (SSSR count). The summed E-state index contributed by atoms with van der Waals surface area (Å²) in [7, 11) is 0. The van der Waals surface area contributed by atoms with E-state index < -0.39 is 16.7 Å². The predicted octanol–water partition coefficient (Wildman–Crippen LogP) is 2.97. The highest BCUT2D eigenvalue weighted by molar-refractivity contribution is 7.80. The zero-order valence-corrected chi connectivity index (χ0v) is 18.2. The van der Waals surface area contributed by atoms with E-state index in [-0.39, 0.29) is 16.4 Å². The van der Waals surface area contributed by atoms with Gasteiger partial charge in [0.25, 0.3) is 17.5 Å². The van der Waals surface area contributed by atoms with Crippen LogP contribution in [0.3, 0.4) is 0 Å². The number of nitrogens with one attached hydrogen (secondary N) is 2. The van der Waals surface area contributed by atoms with Crippen molar-refractivity contribution in [2.45, 2.75) is 32.1 Å². The molecule has 4 N–H and O–H groups in total. The Hall–Kier alpha value is -3.05. The van der Waals surface area contributed by atoms with Crippen LogP contribution < -0.4 is 21.3 Å². The summed E-state index contributed by atoms with van der Waals surface area (Å²) >= 11 is 6.64. The molecule has 9 nitrogen and oxygen atoms in total. The number of aryl methyl sites for hydroxylation is 1. The number of anilines is 2. The molecule has 0 saturated carbocycles. The first-order valence-electron chi connectivity index (χ1n) is 9.95. The number of nitro groups is 1. The summed E-state index contributed by atoms with van der Waals surface area (Å²) < 4.78 is 0. The lowest BCUT2D eigenvalue weighted by Gasteiger charge is -2.18. The third-order valence-corrected chi connectivity index (χ3v) is 6.91. The molecule has 1 aliphatic carbocycles. The second-order valence-electron chi connectivity index (χ2n) is 7.49. The van der Waals surface area contributed by atoms with Crippen LogP contribution in [0.5, 0.6) is 0 Å². The van der Waals surface area contributed by atoms with E-state index in [1.165, 1.54) is 17.4 Å². The molecule has 0 atom stereocenters. The van der Waals surface area contributed by atoms with Crippen LogP contribution in [0.2, 0.25) is 0 Å². The quantitative estimate of drug-likeness (QED) is 0.356. The Morgan fingerprint density at radius 3 is 2.61 bits per heavy atom. The zero-order chi connectivity index (χ0) is 22.1. The van der Waals surface area contributed by atoms with E-state index >= 15 is 0 Å². The number of thiophene rings is 1. The van der Waals surface area contributed by atoms with Gasteiger partial charge in [-0.1, -0.05) is 0 Å². The minimum atomic E-state index is -0.571. The van der Waals surface area contributed by atoms with Gasteiger partial charge < -0.3 is 16.0 Å². The minimum absolute atomic E-state index is 0.00121. The molecule has 0 radical (unpaired) electrons. The Kier molecular flexibility index (Phi) is 5.88. The second kappa shape index (κ2) is 8.60. The van der Waals surface area contributed by atoms with Crippen molar-refractivity contribution < 1.29 is 14.5 Å². The highest BCUT2D eigenvalue weighted by Gasteiger charge is 2.27. The van der Waals surface area contributed by atoms with Gasteiger partial charge in [-0.3, -0.25) is 25.0 Å². The predicted molar refractivity (Wildman–Crippen MR) is 123 cm³/mol. The van der Waals surface area contributed by atoms with Crippen LogP contribution in [0.25, 0.3) is 0 Å². The van der Waals surface area contributed by atoms with Crippen molar-refractivity contribution in [3.05, 3.63) is 49.9 Å². The van der Waals surface area contributed by atoms with Gasteiger partial charge in [0, 0.05) is 29.6 Å². The number of nitro benzene ring substituents is 1. The summed E-state index contributed by atoms with van der Waals surface area (Å²) in [6, 6.07) is 4.41. The third kappa shape index (κ3) is 4.23. The zero-order valence-electron chi connectivity index (χ0n) is 16.6. The fraction of sp³-hybridized carbons (Fsp3) is 0.350. The second-order valence-corrected chi connectivity index (χ2v) is 9.00. The van der Waals surface area contributed by atoms with Crippen LogP contribution in [0.1, 0.15) is 50.4 Å². The topological polar surface area (TPSA) is 131 Å². The highest BCUT2D eigenvalue weighted by Crippen LogP contribution is 2.38. The molecular weight excluding hydrogens is 438 g/mol. The van der Waals surface area contributed by atoms with Crippen LogP contribution in [0, 0.1) is 10.1 Å². The number of hydrogen-bond acceptors (Lipinski definition) is 7. The van der Waals surface area contributed by atoms with Gasteiger partial charge in [-0.25, -0.2) is 0 Å². The lowest BCUT2D eigenvalue weighted by molar-refractivity contribution is -0.384. The first kappa shape index (κ1) is 21.2. The summed E-state index contributed by atoms with van der Waals surface area (Å²) in [6.07, 6.45) is 4.62. The van der Waals surface area contributed by atoms with Gasteiger partial charge in [0.2, 0.25) is 0 Å². The number of rotatable bonds is 5. The van der Waals surface area contributed by atoms with Crippen molar-refractivity contribution in [3.63, 3.8) is 0 Å². The largest absolute Gasteiger partial charge is 0.366 e. The molecule has 11 heteroatoms. The number of thiocarbonyl (C=S) groups is 1. The maximum absolute atomic E-state index is 12.6. The van der Waals surface area contributed by atoms with Crippen LogP contribution >= 0.6 is 23.6 Å². The average Bonchev–Trinajstić information content (AvgIpc) is 3.44. The Labute approximate surface area is 187 Å². The number of primary amides is 1. The Morgan fingerprint density at radius 1 is 1.19 bits per heavy atom. The van der Waals surface area contributed by atoms with Crippen molar-refractivity contribution in [1.29, 1.82) is 0 Å². The Bertz CT molecular complexity index is 1090. The molecule has 0 bridgehead atoms. The van der Waals surface area contributed by atoms with E-state index in [0.29, 0.717) is 16.3 Å². The molecule has 162 valence electrons. The molecular formula is C20H21N5O4S2. The van der Waals surface area contributed by atoms with Gasteiger partial charge in [-0.2, -0.15) is 0 Å². The summed E-state index contributed by atoms with van der Waals surface area (Å²) in [5, 5.41) is 17.5.